The maximum atomic E-state index is 12.6. The van der Waals surface area contributed by atoms with Gasteiger partial charge in [0.25, 0.3) is 5.91 Å². The lowest BCUT2D eigenvalue weighted by Gasteiger charge is -2.20. The molecule has 2 aromatic carbocycles. The standard InChI is InChI=1S/C20H25NO2/c1-5-16-12-9-11-15(4)19(16)21-20(22)17(6-2)23-18-13-8-7-10-14(18)3/h7-13,17H,5-6H2,1-4H3,(H,21,22). The van der Waals surface area contributed by atoms with Crippen molar-refractivity contribution in [2.45, 2.75) is 46.6 Å². The van der Waals surface area contributed by atoms with Crippen LogP contribution in [0.4, 0.5) is 5.69 Å². The minimum Gasteiger partial charge on any atom is -0.480 e. The molecule has 1 N–H and O–H groups in total. The molecule has 0 aromatic heterocycles. The second-order valence-electron chi connectivity index (χ2n) is 5.73. The molecular formula is C20H25NO2. The van der Waals surface area contributed by atoms with Gasteiger partial charge in [0.15, 0.2) is 6.10 Å². The van der Waals surface area contributed by atoms with Gasteiger partial charge in [-0.25, -0.2) is 0 Å². The van der Waals surface area contributed by atoms with E-state index in [0.717, 1.165) is 34.5 Å². The van der Waals surface area contributed by atoms with Crippen molar-refractivity contribution in [3.63, 3.8) is 0 Å². The number of carbonyl (C=O) groups excluding carboxylic acids is 1. The van der Waals surface area contributed by atoms with Crippen LogP contribution in [0.1, 0.15) is 37.0 Å². The zero-order chi connectivity index (χ0) is 16.8. The van der Waals surface area contributed by atoms with Gasteiger partial charge in [0.05, 0.1) is 0 Å². The highest BCUT2D eigenvalue weighted by molar-refractivity contribution is 5.95. The predicted octanol–water partition coefficient (Wildman–Crippen LogP) is 4.66. The van der Waals surface area contributed by atoms with E-state index in [-0.39, 0.29) is 5.91 Å². The van der Waals surface area contributed by atoms with Gasteiger partial charge in [-0.3, -0.25) is 4.79 Å². The summed E-state index contributed by atoms with van der Waals surface area (Å²) in [6, 6.07) is 13.8. The number of nitrogens with one attached hydrogen (secondary N) is 1. The first-order chi connectivity index (χ1) is 11.1. The molecule has 0 aliphatic rings. The van der Waals surface area contributed by atoms with Crippen molar-refractivity contribution >= 4 is 11.6 Å². The Morgan fingerprint density at radius 2 is 1.74 bits per heavy atom. The second kappa shape index (κ2) is 7.82. The molecule has 1 amide bonds. The number of ether oxygens (including phenoxy) is 1. The van der Waals surface area contributed by atoms with E-state index < -0.39 is 6.10 Å². The molecule has 1 atom stereocenters. The van der Waals surface area contributed by atoms with Crippen LogP contribution in [0.25, 0.3) is 0 Å². The van der Waals surface area contributed by atoms with Crippen LogP contribution in [-0.2, 0) is 11.2 Å². The Morgan fingerprint density at radius 1 is 1.04 bits per heavy atom. The van der Waals surface area contributed by atoms with Crippen LogP contribution in [0, 0.1) is 13.8 Å². The van der Waals surface area contributed by atoms with Crippen LogP contribution in [0.5, 0.6) is 5.75 Å². The maximum absolute atomic E-state index is 12.6. The van der Waals surface area contributed by atoms with Crippen LogP contribution in [-0.4, -0.2) is 12.0 Å². The summed E-state index contributed by atoms with van der Waals surface area (Å²) >= 11 is 0. The van der Waals surface area contributed by atoms with Crippen molar-refractivity contribution in [2.75, 3.05) is 5.32 Å². The number of amides is 1. The number of rotatable bonds is 6. The normalized spacial score (nSPS) is 11.8. The molecule has 0 spiro atoms. The molecule has 23 heavy (non-hydrogen) atoms. The van der Waals surface area contributed by atoms with E-state index in [1.807, 2.05) is 63.2 Å². The van der Waals surface area contributed by atoms with Crippen molar-refractivity contribution in [1.82, 2.24) is 0 Å². The Labute approximate surface area is 138 Å². The topological polar surface area (TPSA) is 38.3 Å². The van der Waals surface area contributed by atoms with Crippen LogP contribution in [0.2, 0.25) is 0 Å². The number of benzene rings is 2. The van der Waals surface area contributed by atoms with Gasteiger partial charge in [0, 0.05) is 5.69 Å². The first kappa shape index (κ1) is 17.1. The van der Waals surface area contributed by atoms with Crippen molar-refractivity contribution in [2.24, 2.45) is 0 Å². The first-order valence-corrected chi connectivity index (χ1v) is 8.18. The highest BCUT2D eigenvalue weighted by atomic mass is 16.5. The van der Waals surface area contributed by atoms with E-state index in [0.29, 0.717) is 6.42 Å². The lowest BCUT2D eigenvalue weighted by Crippen LogP contribution is -2.33. The van der Waals surface area contributed by atoms with E-state index in [9.17, 15) is 4.79 Å². The average molecular weight is 311 g/mol. The van der Waals surface area contributed by atoms with Crippen LogP contribution in [0.3, 0.4) is 0 Å². The predicted molar refractivity (Wildman–Crippen MR) is 95.1 cm³/mol. The molecule has 2 aromatic rings. The molecule has 2 rings (SSSR count). The first-order valence-electron chi connectivity index (χ1n) is 8.18. The molecule has 0 aliphatic carbocycles. The van der Waals surface area contributed by atoms with E-state index in [2.05, 4.69) is 12.2 Å². The lowest BCUT2D eigenvalue weighted by atomic mass is 10.1. The van der Waals surface area contributed by atoms with Crippen LogP contribution in [0.15, 0.2) is 42.5 Å². The lowest BCUT2D eigenvalue weighted by molar-refractivity contribution is -0.122. The number of hydrogen-bond acceptors (Lipinski definition) is 2. The van der Waals surface area contributed by atoms with Gasteiger partial charge in [-0.1, -0.05) is 50.2 Å². The average Bonchev–Trinajstić information content (AvgIpc) is 2.55. The quantitative estimate of drug-likeness (QED) is 0.842. The molecule has 3 nitrogen and oxygen atoms in total. The Kier molecular flexibility index (Phi) is 5.80. The molecule has 0 saturated carbocycles. The molecule has 0 fully saturated rings. The van der Waals surface area contributed by atoms with Crippen molar-refractivity contribution < 1.29 is 9.53 Å². The summed E-state index contributed by atoms with van der Waals surface area (Å²) in [6.07, 6.45) is 1.00. The molecule has 0 heterocycles. The summed E-state index contributed by atoms with van der Waals surface area (Å²) in [7, 11) is 0. The fourth-order valence-electron chi connectivity index (χ4n) is 2.57. The third kappa shape index (κ3) is 4.13. The van der Waals surface area contributed by atoms with E-state index in [1.54, 1.807) is 0 Å². The van der Waals surface area contributed by atoms with Gasteiger partial charge in [-0.05, 0) is 49.4 Å². The van der Waals surface area contributed by atoms with Gasteiger partial charge in [0.1, 0.15) is 5.75 Å². The van der Waals surface area contributed by atoms with Gasteiger partial charge >= 0.3 is 0 Å². The number of hydrogen-bond donors (Lipinski definition) is 1. The minimum absolute atomic E-state index is 0.0975. The van der Waals surface area contributed by atoms with Crippen molar-refractivity contribution in [1.29, 1.82) is 0 Å². The monoisotopic (exact) mass is 311 g/mol. The summed E-state index contributed by atoms with van der Waals surface area (Å²) in [4.78, 5) is 12.6. The Bertz CT molecular complexity index is 679. The molecule has 0 radical (unpaired) electrons. The highest BCUT2D eigenvalue weighted by Gasteiger charge is 2.20. The zero-order valence-corrected chi connectivity index (χ0v) is 14.3. The number of aryl methyl sites for hydroxylation is 3. The third-order valence-corrected chi connectivity index (χ3v) is 4.01. The van der Waals surface area contributed by atoms with Gasteiger partial charge < -0.3 is 10.1 Å². The Balaban J connectivity index is 2.17. The summed E-state index contributed by atoms with van der Waals surface area (Å²) in [5, 5.41) is 3.06. The summed E-state index contributed by atoms with van der Waals surface area (Å²) < 4.78 is 5.93. The zero-order valence-electron chi connectivity index (χ0n) is 14.3. The molecule has 0 saturated heterocycles. The molecular weight excluding hydrogens is 286 g/mol. The van der Waals surface area contributed by atoms with Crippen molar-refractivity contribution in [3.8, 4) is 5.75 Å². The fourth-order valence-corrected chi connectivity index (χ4v) is 2.57. The summed E-state index contributed by atoms with van der Waals surface area (Å²) in [5.41, 5.74) is 4.16. The SMILES string of the molecule is CCc1cccc(C)c1NC(=O)C(CC)Oc1ccccc1C. The Hall–Kier alpha value is -2.29. The van der Waals surface area contributed by atoms with Crippen LogP contribution < -0.4 is 10.1 Å². The van der Waals surface area contributed by atoms with E-state index in [4.69, 9.17) is 4.74 Å². The number of carbonyl (C=O) groups is 1. The summed E-state index contributed by atoms with van der Waals surface area (Å²) in [5.74, 6) is 0.662. The molecule has 0 aliphatic heterocycles. The Morgan fingerprint density at radius 3 is 2.39 bits per heavy atom. The number of anilines is 1. The maximum Gasteiger partial charge on any atom is 0.265 e. The fraction of sp³-hybridized carbons (Fsp3) is 0.350. The van der Waals surface area contributed by atoms with E-state index >= 15 is 0 Å². The molecule has 3 heteroatoms. The van der Waals surface area contributed by atoms with E-state index in [1.165, 1.54) is 0 Å². The third-order valence-electron chi connectivity index (χ3n) is 4.01. The molecule has 1 unspecified atom stereocenters. The highest BCUT2D eigenvalue weighted by Crippen LogP contribution is 2.23. The largest absolute Gasteiger partial charge is 0.480 e. The van der Waals surface area contributed by atoms with Crippen molar-refractivity contribution in [3.05, 3.63) is 59.2 Å². The molecule has 122 valence electrons. The summed E-state index contributed by atoms with van der Waals surface area (Å²) in [6.45, 7) is 8.04. The van der Waals surface area contributed by atoms with Crippen LogP contribution >= 0.6 is 0 Å². The smallest absolute Gasteiger partial charge is 0.265 e. The van der Waals surface area contributed by atoms with Gasteiger partial charge in [0.2, 0.25) is 0 Å². The van der Waals surface area contributed by atoms with Gasteiger partial charge in [-0.2, -0.15) is 0 Å². The second-order valence-corrected chi connectivity index (χ2v) is 5.73. The molecule has 0 bridgehead atoms. The minimum atomic E-state index is -0.500. The van der Waals surface area contributed by atoms with Gasteiger partial charge in [-0.15, -0.1) is 0 Å². The number of para-hydroxylation sites is 2.